The van der Waals surface area contributed by atoms with Crippen LogP contribution in [0, 0.1) is 34.5 Å². The Hall–Kier alpha value is -0.930. The molecule has 0 bridgehead atoms. The molecule has 2 N–H and O–H groups in total. The molecule has 4 saturated carbocycles. The number of rotatable bonds is 3. The topological polar surface area (TPSA) is 45.1 Å². The first-order valence-electron chi connectivity index (χ1n) is 11.8. The summed E-state index contributed by atoms with van der Waals surface area (Å²) in [5.74, 6) is 2.93. The van der Waals surface area contributed by atoms with Gasteiger partial charge in [0.25, 0.3) is 0 Å². The Kier molecular flexibility index (Phi) is 4.83. The Labute approximate surface area is 170 Å². The van der Waals surface area contributed by atoms with Crippen molar-refractivity contribution in [3.8, 4) is 0 Å². The van der Waals surface area contributed by atoms with E-state index in [0.29, 0.717) is 17.4 Å². The molecule has 4 aliphatic carbocycles. The number of nitrogens with zero attached hydrogens (tertiary/aromatic N) is 1. The predicted molar refractivity (Wildman–Crippen MR) is 113 cm³/mol. The van der Waals surface area contributed by atoms with Gasteiger partial charge < -0.3 is 10.4 Å². The Morgan fingerprint density at radius 3 is 2.82 bits per heavy atom. The van der Waals surface area contributed by atoms with Crippen molar-refractivity contribution < 1.29 is 5.11 Å². The SMILES string of the molecule is C[C@]12CCCCC1CC[C@@H]1[C@H]2C(O)C[C@]2(C)C(NCc3cccnc3)CC[C@@H]12. The monoisotopic (exact) mass is 382 g/mol. The summed E-state index contributed by atoms with van der Waals surface area (Å²) in [7, 11) is 0. The van der Waals surface area contributed by atoms with Crippen molar-refractivity contribution in [1.29, 1.82) is 0 Å². The molecule has 0 spiro atoms. The fourth-order valence-corrected chi connectivity index (χ4v) is 8.50. The van der Waals surface area contributed by atoms with Gasteiger partial charge >= 0.3 is 0 Å². The number of pyridine rings is 1. The summed E-state index contributed by atoms with van der Waals surface area (Å²) in [6, 6.07) is 4.70. The molecule has 154 valence electrons. The van der Waals surface area contributed by atoms with Crippen molar-refractivity contribution in [1.82, 2.24) is 10.3 Å². The maximum Gasteiger partial charge on any atom is 0.0582 e. The average molecular weight is 383 g/mol. The fourth-order valence-electron chi connectivity index (χ4n) is 8.50. The zero-order chi connectivity index (χ0) is 19.4. The molecule has 3 heteroatoms. The molecule has 8 atom stereocenters. The first kappa shape index (κ1) is 19.1. The minimum atomic E-state index is -0.113. The molecule has 1 aromatic heterocycles. The molecular weight excluding hydrogens is 344 g/mol. The average Bonchev–Trinajstić information content (AvgIpc) is 3.02. The molecule has 28 heavy (non-hydrogen) atoms. The normalized spacial score (nSPS) is 47.8. The lowest BCUT2D eigenvalue weighted by atomic mass is 9.44. The lowest BCUT2D eigenvalue weighted by Crippen LogP contribution is -2.60. The van der Waals surface area contributed by atoms with Crippen LogP contribution in [-0.2, 0) is 6.54 Å². The van der Waals surface area contributed by atoms with Gasteiger partial charge in [0.1, 0.15) is 0 Å². The molecule has 3 unspecified atom stereocenters. The number of fused-ring (bicyclic) bond motifs is 5. The van der Waals surface area contributed by atoms with Crippen LogP contribution in [0.3, 0.4) is 0 Å². The largest absolute Gasteiger partial charge is 0.393 e. The van der Waals surface area contributed by atoms with E-state index in [2.05, 4.69) is 30.2 Å². The van der Waals surface area contributed by atoms with Gasteiger partial charge in [-0.2, -0.15) is 0 Å². The van der Waals surface area contributed by atoms with Crippen LogP contribution in [0.25, 0.3) is 0 Å². The van der Waals surface area contributed by atoms with E-state index in [1.54, 1.807) is 0 Å². The van der Waals surface area contributed by atoms with Crippen molar-refractivity contribution in [3.05, 3.63) is 30.1 Å². The summed E-state index contributed by atoms with van der Waals surface area (Å²) in [6.45, 7) is 5.93. The van der Waals surface area contributed by atoms with E-state index in [1.165, 1.54) is 56.9 Å². The van der Waals surface area contributed by atoms with Gasteiger partial charge in [-0.25, -0.2) is 0 Å². The molecule has 4 aliphatic rings. The summed E-state index contributed by atoms with van der Waals surface area (Å²) in [6.07, 6.45) is 15.6. The molecule has 1 heterocycles. The van der Waals surface area contributed by atoms with E-state index in [1.807, 2.05) is 18.5 Å². The van der Waals surface area contributed by atoms with Gasteiger partial charge in [0.05, 0.1) is 6.10 Å². The Balaban J connectivity index is 1.36. The van der Waals surface area contributed by atoms with Crippen molar-refractivity contribution in [3.63, 3.8) is 0 Å². The fraction of sp³-hybridized carbons (Fsp3) is 0.800. The number of aliphatic hydroxyl groups excluding tert-OH is 1. The summed E-state index contributed by atoms with van der Waals surface area (Å²) < 4.78 is 0. The smallest absolute Gasteiger partial charge is 0.0582 e. The van der Waals surface area contributed by atoms with Crippen molar-refractivity contribution >= 4 is 0 Å². The number of hydrogen-bond acceptors (Lipinski definition) is 3. The lowest BCUT2D eigenvalue weighted by Gasteiger charge is -2.62. The Morgan fingerprint density at radius 2 is 2.00 bits per heavy atom. The highest BCUT2D eigenvalue weighted by Crippen LogP contribution is 2.66. The quantitative estimate of drug-likeness (QED) is 0.778. The molecule has 0 aromatic carbocycles. The lowest BCUT2D eigenvalue weighted by molar-refractivity contribution is -0.165. The summed E-state index contributed by atoms with van der Waals surface area (Å²) in [5, 5.41) is 15.4. The second-order valence-electron chi connectivity index (χ2n) is 11.0. The third kappa shape index (κ3) is 2.88. The third-order valence-electron chi connectivity index (χ3n) is 9.79. The summed E-state index contributed by atoms with van der Waals surface area (Å²) in [5.41, 5.74) is 1.89. The molecule has 0 aliphatic heterocycles. The maximum atomic E-state index is 11.5. The van der Waals surface area contributed by atoms with E-state index in [0.717, 1.165) is 30.7 Å². The van der Waals surface area contributed by atoms with E-state index in [-0.39, 0.29) is 11.5 Å². The number of aliphatic hydroxyl groups is 1. The van der Waals surface area contributed by atoms with Crippen molar-refractivity contribution in [2.45, 2.75) is 90.3 Å². The van der Waals surface area contributed by atoms with Crippen LogP contribution in [0.15, 0.2) is 24.5 Å². The minimum absolute atomic E-state index is 0.113. The van der Waals surface area contributed by atoms with Crippen LogP contribution in [0.1, 0.15) is 77.2 Å². The molecular formula is C25H38N2O. The Bertz CT molecular complexity index is 693. The first-order valence-corrected chi connectivity index (χ1v) is 11.8. The van der Waals surface area contributed by atoms with Crippen LogP contribution in [0.4, 0.5) is 0 Å². The number of nitrogens with one attached hydrogen (secondary N) is 1. The van der Waals surface area contributed by atoms with Crippen molar-refractivity contribution in [2.75, 3.05) is 0 Å². The highest BCUT2D eigenvalue weighted by atomic mass is 16.3. The van der Waals surface area contributed by atoms with E-state index >= 15 is 0 Å². The Morgan fingerprint density at radius 1 is 1.11 bits per heavy atom. The van der Waals surface area contributed by atoms with Gasteiger partial charge in [-0.15, -0.1) is 0 Å². The van der Waals surface area contributed by atoms with Gasteiger partial charge in [-0.1, -0.05) is 32.8 Å². The van der Waals surface area contributed by atoms with Crippen molar-refractivity contribution in [2.24, 2.45) is 34.5 Å². The molecule has 4 fully saturated rings. The van der Waals surface area contributed by atoms with Gasteiger partial charge in [0, 0.05) is 25.0 Å². The highest BCUT2D eigenvalue weighted by molar-refractivity contribution is 5.14. The second kappa shape index (κ2) is 7.09. The molecule has 5 rings (SSSR count). The van der Waals surface area contributed by atoms with Crippen LogP contribution in [0.2, 0.25) is 0 Å². The molecule has 0 saturated heterocycles. The molecule has 3 nitrogen and oxygen atoms in total. The summed E-state index contributed by atoms with van der Waals surface area (Å²) >= 11 is 0. The predicted octanol–water partition coefficient (Wildman–Crippen LogP) is 4.94. The number of aromatic nitrogens is 1. The number of hydrogen-bond donors (Lipinski definition) is 2. The van der Waals surface area contributed by atoms with Gasteiger partial charge in [-0.05, 0) is 91.1 Å². The third-order valence-corrected chi connectivity index (χ3v) is 9.79. The standard InChI is InChI=1S/C25H38N2O/c1-24-12-4-3-7-18(24)8-9-19-20-10-11-22(25(20,2)14-21(28)23(19)24)27-16-17-6-5-13-26-15-17/h5-6,13,15,18-23,27-28H,3-4,7-12,14,16H2,1-2H3/t18?,19-,20-,21?,22?,23-,24-,25-/m0/s1. The van der Waals surface area contributed by atoms with E-state index in [9.17, 15) is 5.11 Å². The van der Waals surface area contributed by atoms with Crippen LogP contribution < -0.4 is 5.32 Å². The minimum Gasteiger partial charge on any atom is -0.393 e. The molecule has 1 aromatic rings. The highest BCUT2D eigenvalue weighted by Gasteiger charge is 2.62. The van der Waals surface area contributed by atoms with Gasteiger partial charge in [0.2, 0.25) is 0 Å². The van der Waals surface area contributed by atoms with Gasteiger partial charge in [-0.3, -0.25) is 4.98 Å². The van der Waals surface area contributed by atoms with Gasteiger partial charge in [0.15, 0.2) is 0 Å². The maximum absolute atomic E-state index is 11.5. The van der Waals surface area contributed by atoms with Crippen LogP contribution in [0.5, 0.6) is 0 Å². The van der Waals surface area contributed by atoms with Crippen LogP contribution >= 0.6 is 0 Å². The second-order valence-corrected chi connectivity index (χ2v) is 11.0. The summed E-state index contributed by atoms with van der Waals surface area (Å²) in [4.78, 5) is 4.26. The zero-order valence-corrected chi connectivity index (χ0v) is 17.7. The van der Waals surface area contributed by atoms with E-state index in [4.69, 9.17) is 0 Å². The van der Waals surface area contributed by atoms with Crippen LogP contribution in [-0.4, -0.2) is 22.2 Å². The molecule has 0 amide bonds. The zero-order valence-electron chi connectivity index (χ0n) is 17.7. The van der Waals surface area contributed by atoms with E-state index < -0.39 is 0 Å². The molecule has 0 radical (unpaired) electrons. The first-order chi connectivity index (χ1) is 13.5.